The molecule has 1 amide bonds. The Morgan fingerprint density at radius 1 is 1.37 bits per heavy atom. The third kappa shape index (κ3) is 2.42. The van der Waals surface area contributed by atoms with Crippen molar-refractivity contribution in [2.24, 2.45) is 12.8 Å². The number of aryl methyl sites for hydroxylation is 1. The fraction of sp³-hybridized carbons (Fsp3) is 0.182. The summed E-state index contributed by atoms with van der Waals surface area (Å²) >= 11 is 0. The monoisotopic (exact) mass is 270 g/mol. The number of halogens is 3. The Morgan fingerprint density at radius 3 is 2.63 bits per heavy atom. The lowest BCUT2D eigenvalue weighted by molar-refractivity contribution is -0.141. The predicted octanol–water partition coefficient (Wildman–Crippen LogP) is 1.60. The first-order valence-electron chi connectivity index (χ1n) is 5.17. The molecule has 2 aromatic rings. The molecule has 0 atom stereocenters. The highest BCUT2D eigenvalue weighted by Crippen LogP contribution is 2.30. The van der Waals surface area contributed by atoms with Crippen LogP contribution in [0.4, 0.5) is 13.2 Å². The van der Waals surface area contributed by atoms with Crippen molar-refractivity contribution >= 4 is 5.91 Å². The Labute approximate surface area is 105 Å². The van der Waals surface area contributed by atoms with Gasteiger partial charge in [0.25, 0.3) is 5.91 Å². The van der Waals surface area contributed by atoms with E-state index in [4.69, 9.17) is 5.73 Å². The lowest BCUT2D eigenvalue weighted by Gasteiger charge is -2.07. The third-order valence-corrected chi connectivity index (χ3v) is 2.49. The van der Waals surface area contributed by atoms with E-state index in [9.17, 15) is 18.0 Å². The molecule has 0 aliphatic carbocycles. The van der Waals surface area contributed by atoms with Gasteiger partial charge in [-0.1, -0.05) is 6.07 Å². The summed E-state index contributed by atoms with van der Waals surface area (Å²) < 4.78 is 38.9. The van der Waals surface area contributed by atoms with E-state index in [1.165, 1.54) is 30.1 Å². The van der Waals surface area contributed by atoms with Crippen LogP contribution in [0.15, 0.2) is 24.4 Å². The van der Waals surface area contributed by atoms with E-state index in [1.807, 2.05) is 0 Å². The molecule has 100 valence electrons. The molecule has 19 heavy (non-hydrogen) atoms. The van der Waals surface area contributed by atoms with Crippen LogP contribution in [-0.2, 0) is 13.2 Å². The highest BCUT2D eigenvalue weighted by Gasteiger charge is 2.32. The van der Waals surface area contributed by atoms with E-state index in [0.29, 0.717) is 0 Å². The molecule has 5 nitrogen and oxygen atoms in total. The van der Waals surface area contributed by atoms with Gasteiger partial charge in [0, 0.05) is 7.05 Å². The van der Waals surface area contributed by atoms with Crippen molar-refractivity contribution in [2.45, 2.75) is 6.18 Å². The molecule has 0 saturated heterocycles. The number of hydrogen-bond donors (Lipinski definition) is 1. The second-order valence-corrected chi connectivity index (χ2v) is 3.80. The summed E-state index contributed by atoms with van der Waals surface area (Å²) in [5, 5.41) is 3.80. The van der Waals surface area contributed by atoms with Crippen LogP contribution >= 0.6 is 0 Å². The summed E-state index contributed by atoms with van der Waals surface area (Å²) in [6.07, 6.45) is -3.30. The lowest BCUT2D eigenvalue weighted by atomic mass is 10.1. The minimum absolute atomic E-state index is 0.00303. The number of carbonyl (C=O) groups is 1. The predicted molar refractivity (Wildman–Crippen MR) is 60.0 cm³/mol. The number of nitrogens with zero attached hydrogens (tertiary/aromatic N) is 3. The Kier molecular flexibility index (Phi) is 3.01. The van der Waals surface area contributed by atoms with Gasteiger partial charge >= 0.3 is 6.18 Å². The molecule has 0 spiro atoms. The van der Waals surface area contributed by atoms with Crippen LogP contribution in [0.1, 0.15) is 16.2 Å². The molecule has 8 heteroatoms. The number of alkyl halides is 3. The zero-order valence-electron chi connectivity index (χ0n) is 9.77. The first-order valence-corrected chi connectivity index (χ1v) is 5.17. The summed E-state index contributed by atoms with van der Waals surface area (Å²) in [6, 6.07) is 3.42. The average molecular weight is 270 g/mol. The topological polar surface area (TPSA) is 73.8 Å². The number of nitrogens with two attached hydrogens (primary N) is 1. The molecule has 2 N–H and O–H groups in total. The van der Waals surface area contributed by atoms with Gasteiger partial charge in [-0.15, -0.1) is 0 Å². The quantitative estimate of drug-likeness (QED) is 0.900. The first kappa shape index (κ1) is 13.1. The number of pyridine rings is 1. The number of amides is 1. The van der Waals surface area contributed by atoms with E-state index >= 15 is 0 Å². The van der Waals surface area contributed by atoms with Crippen LogP contribution in [0, 0.1) is 0 Å². The van der Waals surface area contributed by atoms with Gasteiger partial charge in [0.1, 0.15) is 11.4 Å². The molecule has 2 heterocycles. The number of rotatable bonds is 2. The summed E-state index contributed by atoms with van der Waals surface area (Å²) in [7, 11) is 1.47. The van der Waals surface area contributed by atoms with E-state index in [1.54, 1.807) is 0 Å². The molecule has 0 aliphatic rings. The highest BCUT2D eigenvalue weighted by molar-refractivity contribution is 5.97. The molecule has 0 aliphatic heterocycles. The molecular formula is C11H9F3N4O. The van der Waals surface area contributed by atoms with Gasteiger partial charge in [-0.2, -0.15) is 18.3 Å². The van der Waals surface area contributed by atoms with Crippen LogP contribution in [0.2, 0.25) is 0 Å². The van der Waals surface area contributed by atoms with Crippen molar-refractivity contribution in [1.29, 1.82) is 0 Å². The fourth-order valence-electron chi connectivity index (χ4n) is 1.66. The Bertz CT molecular complexity index is 633. The van der Waals surface area contributed by atoms with Gasteiger partial charge in [-0.3, -0.25) is 9.48 Å². The van der Waals surface area contributed by atoms with E-state index < -0.39 is 17.8 Å². The number of carbonyl (C=O) groups excluding carboxylic acids is 1. The van der Waals surface area contributed by atoms with Gasteiger partial charge in [-0.25, -0.2) is 4.98 Å². The maximum Gasteiger partial charge on any atom is 0.433 e. The molecular weight excluding hydrogens is 261 g/mol. The van der Waals surface area contributed by atoms with Crippen LogP contribution in [-0.4, -0.2) is 20.7 Å². The van der Waals surface area contributed by atoms with Crippen molar-refractivity contribution in [3.63, 3.8) is 0 Å². The lowest BCUT2D eigenvalue weighted by Crippen LogP contribution is -2.17. The zero-order chi connectivity index (χ0) is 14.2. The Balaban J connectivity index is 2.57. The van der Waals surface area contributed by atoms with Crippen LogP contribution < -0.4 is 5.73 Å². The Hall–Kier alpha value is -2.38. The number of aromatic nitrogens is 3. The van der Waals surface area contributed by atoms with Crippen molar-refractivity contribution in [2.75, 3.05) is 0 Å². The molecule has 0 unspecified atom stereocenters. The molecule has 0 radical (unpaired) electrons. The minimum atomic E-state index is -4.55. The maximum atomic E-state index is 12.6. The zero-order valence-corrected chi connectivity index (χ0v) is 9.77. The smallest absolute Gasteiger partial charge is 0.364 e. The van der Waals surface area contributed by atoms with Gasteiger partial charge in [0.15, 0.2) is 0 Å². The van der Waals surface area contributed by atoms with Crippen LogP contribution in [0.3, 0.4) is 0 Å². The van der Waals surface area contributed by atoms with Gasteiger partial charge in [0.2, 0.25) is 0 Å². The summed E-state index contributed by atoms with van der Waals surface area (Å²) in [4.78, 5) is 14.8. The maximum absolute atomic E-state index is 12.6. The SMILES string of the molecule is Cn1ncc(-c2cccc(C(F)(F)F)n2)c1C(N)=O. The largest absolute Gasteiger partial charge is 0.433 e. The van der Waals surface area contributed by atoms with Crippen molar-refractivity contribution in [3.8, 4) is 11.3 Å². The fourth-order valence-corrected chi connectivity index (χ4v) is 1.66. The van der Waals surface area contributed by atoms with Crippen LogP contribution in [0.5, 0.6) is 0 Å². The van der Waals surface area contributed by atoms with E-state index in [-0.39, 0.29) is 17.0 Å². The minimum Gasteiger partial charge on any atom is -0.364 e. The van der Waals surface area contributed by atoms with Gasteiger partial charge < -0.3 is 5.73 Å². The molecule has 2 aromatic heterocycles. The van der Waals surface area contributed by atoms with Crippen molar-refractivity contribution in [1.82, 2.24) is 14.8 Å². The van der Waals surface area contributed by atoms with Gasteiger partial charge in [0.05, 0.1) is 17.5 Å². The molecule has 0 saturated carbocycles. The normalized spacial score (nSPS) is 11.6. The first-order chi connectivity index (χ1) is 8.80. The second kappa shape index (κ2) is 4.38. The number of hydrogen-bond acceptors (Lipinski definition) is 3. The Morgan fingerprint density at radius 2 is 2.05 bits per heavy atom. The summed E-state index contributed by atoms with van der Waals surface area (Å²) in [6.45, 7) is 0. The second-order valence-electron chi connectivity index (χ2n) is 3.80. The van der Waals surface area contributed by atoms with Crippen molar-refractivity contribution < 1.29 is 18.0 Å². The summed E-state index contributed by atoms with van der Waals surface area (Å²) in [5.41, 5.74) is 4.30. The summed E-state index contributed by atoms with van der Waals surface area (Å²) in [5.74, 6) is -0.783. The van der Waals surface area contributed by atoms with Crippen molar-refractivity contribution in [3.05, 3.63) is 35.8 Å². The highest BCUT2D eigenvalue weighted by atomic mass is 19.4. The van der Waals surface area contributed by atoms with E-state index in [0.717, 1.165) is 6.07 Å². The average Bonchev–Trinajstić information content (AvgIpc) is 2.70. The third-order valence-electron chi connectivity index (χ3n) is 2.49. The molecule has 0 aromatic carbocycles. The van der Waals surface area contributed by atoms with Crippen LogP contribution in [0.25, 0.3) is 11.3 Å². The standard InChI is InChI=1S/C11H9F3N4O/c1-18-9(10(15)19)6(5-16-18)7-3-2-4-8(17-7)11(12,13)14/h2-5H,1H3,(H2,15,19). The van der Waals surface area contributed by atoms with Gasteiger partial charge in [-0.05, 0) is 12.1 Å². The van der Waals surface area contributed by atoms with E-state index in [2.05, 4.69) is 10.1 Å². The number of primary amides is 1. The molecule has 0 fully saturated rings. The molecule has 0 bridgehead atoms. The molecule has 2 rings (SSSR count).